The van der Waals surface area contributed by atoms with Gasteiger partial charge in [-0.3, -0.25) is 14.4 Å². The van der Waals surface area contributed by atoms with Crippen molar-refractivity contribution in [2.75, 3.05) is 28.4 Å². The number of hydrogen-bond acceptors (Lipinski definition) is 11. The lowest BCUT2D eigenvalue weighted by Crippen LogP contribution is -2.68. The number of carbonyl (C=O) groups excluding carboxylic acids is 5. The van der Waals surface area contributed by atoms with Crippen molar-refractivity contribution < 1.29 is 52.8 Å². The maximum absolute atomic E-state index is 13.6. The van der Waals surface area contributed by atoms with Crippen molar-refractivity contribution in [2.24, 2.45) is 23.7 Å². The minimum atomic E-state index is -2.69. The molecule has 6 atom stereocenters. The minimum absolute atomic E-state index is 0.0588. The molecule has 0 spiro atoms. The number of aliphatic hydroxyl groups is 1. The van der Waals surface area contributed by atoms with E-state index in [2.05, 4.69) is 0 Å². The molecule has 2 aromatic carbocycles. The lowest BCUT2D eigenvalue weighted by molar-refractivity contribution is -0.208. The van der Waals surface area contributed by atoms with E-state index >= 15 is 0 Å². The fourth-order valence-electron chi connectivity index (χ4n) is 6.24. The number of esters is 5. The van der Waals surface area contributed by atoms with Crippen molar-refractivity contribution in [1.29, 1.82) is 0 Å². The lowest BCUT2D eigenvalue weighted by Gasteiger charge is -2.55. The molecule has 2 aromatic rings. The number of rotatable bonds is 7. The summed E-state index contributed by atoms with van der Waals surface area (Å²) in [5, 5.41) is 12.9. The van der Waals surface area contributed by atoms with Gasteiger partial charge in [-0.2, -0.15) is 0 Å². The van der Waals surface area contributed by atoms with E-state index in [1.165, 1.54) is 12.1 Å². The summed E-state index contributed by atoms with van der Waals surface area (Å²) in [6.07, 6.45) is -0.156. The largest absolute Gasteiger partial charge is 0.469 e. The molecule has 2 unspecified atom stereocenters. The lowest BCUT2D eigenvalue weighted by atomic mass is 9.49. The number of carbonyl (C=O) groups is 5. The summed E-state index contributed by atoms with van der Waals surface area (Å²) in [4.78, 5) is 67.3. The molecule has 2 bridgehead atoms. The zero-order valence-corrected chi connectivity index (χ0v) is 24.0. The number of halogens is 1. The minimum Gasteiger partial charge on any atom is -0.469 e. The number of ether oxygens (including phenoxy) is 5. The van der Waals surface area contributed by atoms with Crippen LogP contribution in [0.5, 0.6) is 0 Å². The van der Waals surface area contributed by atoms with Gasteiger partial charge in [0, 0.05) is 16.9 Å². The van der Waals surface area contributed by atoms with Crippen LogP contribution in [0.3, 0.4) is 0 Å². The maximum Gasteiger partial charge on any atom is 0.343 e. The molecule has 0 aliphatic heterocycles. The zero-order chi connectivity index (χ0) is 30.8. The molecular formula is C30H29ClO11. The second kappa shape index (κ2) is 12.3. The summed E-state index contributed by atoms with van der Waals surface area (Å²) in [7, 11) is 4.20. The third kappa shape index (κ3) is 5.03. The van der Waals surface area contributed by atoms with Crippen LogP contribution in [0.2, 0.25) is 5.02 Å². The summed E-state index contributed by atoms with van der Waals surface area (Å²) < 4.78 is 25.8. The fraction of sp³-hybridized carbons (Fsp3) is 0.367. The van der Waals surface area contributed by atoms with Crippen molar-refractivity contribution in [2.45, 2.75) is 17.9 Å². The molecule has 2 aliphatic carbocycles. The molecule has 0 heterocycles. The molecule has 2 aliphatic rings. The number of methoxy groups -OCH3 is 4. The van der Waals surface area contributed by atoms with Gasteiger partial charge in [0.2, 0.25) is 0 Å². The Morgan fingerprint density at radius 2 is 1.29 bits per heavy atom. The normalized spacial score (nSPS) is 26.5. The third-order valence-electron chi connectivity index (χ3n) is 7.94. The van der Waals surface area contributed by atoms with Crippen molar-refractivity contribution in [1.82, 2.24) is 0 Å². The Morgan fingerprint density at radius 1 is 0.738 bits per heavy atom. The average molecular weight is 601 g/mol. The van der Waals surface area contributed by atoms with Crippen LogP contribution < -0.4 is 0 Å². The second-order valence-corrected chi connectivity index (χ2v) is 10.2. The third-order valence-corrected chi connectivity index (χ3v) is 8.28. The predicted molar refractivity (Wildman–Crippen MR) is 145 cm³/mol. The van der Waals surface area contributed by atoms with Crippen LogP contribution in [0.4, 0.5) is 0 Å². The fourth-order valence-corrected chi connectivity index (χ4v) is 6.52. The Balaban J connectivity index is 2.09. The molecule has 1 saturated carbocycles. The van der Waals surface area contributed by atoms with Gasteiger partial charge in [-0.1, -0.05) is 48.0 Å². The Hall–Kier alpha value is -4.22. The van der Waals surface area contributed by atoms with Gasteiger partial charge in [0.15, 0.2) is 0 Å². The smallest absolute Gasteiger partial charge is 0.343 e. The average Bonchev–Trinajstić information content (AvgIpc) is 3.00. The first-order valence-corrected chi connectivity index (χ1v) is 13.2. The van der Waals surface area contributed by atoms with Gasteiger partial charge in [0.25, 0.3) is 0 Å². The van der Waals surface area contributed by atoms with Crippen LogP contribution in [-0.4, -0.2) is 69.0 Å². The quantitative estimate of drug-likeness (QED) is 0.369. The van der Waals surface area contributed by atoms with Crippen LogP contribution in [0.15, 0.2) is 65.9 Å². The summed E-state index contributed by atoms with van der Waals surface area (Å²) >= 11 is 6.53. The van der Waals surface area contributed by atoms with E-state index in [-0.39, 0.29) is 22.6 Å². The van der Waals surface area contributed by atoms with Gasteiger partial charge in [-0.05, 0) is 30.2 Å². The molecular weight excluding hydrogens is 572 g/mol. The highest BCUT2D eigenvalue weighted by atomic mass is 35.5. The van der Waals surface area contributed by atoms with Crippen molar-refractivity contribution in [3.63, 3.8) is 0 Å². The van der Waals surface area contributed by atoms with Gasteiger partial charge in [-0.25, -0.2) is 9.59 Å². The molecule has 1 N–H and O–H groups in total. The maximum atomic E-state index is 13.6. The monoisotopic (exact) mass is 600 g/mol. The highest BCUT2D eigenvalue weighted by Gasteiger charge is 2.71. The first-order chi connectivity index (χ1) is 20.1. The standard InChI is InChI=1S/C30H29ClO11/c1-38-26(33)20-18-14-17(16-12-8-9-13-19(16)31)21(27(34)39-2)30(37,22(18)28(35)40-3)23(29(36)41-4)24(20)42-25(32)15-10-6-5-7-11-15/h5-13,17-18,21-23,37H,14H2,1-4H3/t17?,18-,21+,22+,23?,30+/m0/s1. The molecule has 222 valence electrons. The topological polar surface area (TPSA) is 152 Å². The number of fused-ring (bicyclic) bond motifs is 2. The van der Waals surface area contributed by atoms with E-state index in [1.807, 2.05) is 0 Å². The molecule has 11 nitrogen and oxygen atoms in total. The van der Waals surface area contributed by atoms with E-state index in [0.717, 1.165) is 28.4 Å². The van der Waals surface area contributed by atoms with Crippen molar-refractivity contribution >= 4 is 41.4 Å². The summed E-state index contributed by atoms with van der Waals surface area (Å²) in [5.41, 5.74) is -2.61. The first kappa shape index (κ1) is 30.7. The highest BCUT2D eigenvalue weighted by molar-refractivity contribution is 6.31. The van der Waals surface area contributed by atoms with Gasteiger partial charge >= 0.3 is 29.8 Å². The van der Waals surface area contributed by atoms with Gasteiger partial charge in [0.1, 0.15) is 17.3 Å². The Bertz CT molecular complexity index is 1440. The van der Waals surface area contributed by atoms with E-state index in [1.54, 1.807) is 42.5 Å². The van der Waals surface area contributed by atoms with Gasteiger partial charge < -0.3 is 28.8 Å². The van der Waals surface area contributed by atoms with Crippen molar-refractivity contribution in [3.05, 3.63) is 82.1 Å². The molecule has 0 saturated heterocycles. The molecule has 42 heavy (non-hydrogen) atoms. The Labute approximate surface area is 246 Å². The van der Waals surface area contributed by atoms with Crippen LogP contribution in [-0.2, 0) is 42.9 Å². The Kier molecular flexibility index (Phi) is 9.03. The molecule has 4 rings (SSSR count). The molecule has 0 amide bonds. The predicted octanol–water partition coefficient (Wildman–Crippen LogP) is 2.84. The Morgan fingerprint density at radius 3 is 1.83 bits per heavy atom. The highest BCUT2D eigenvalue weighted by Crippen LogP contribution is 2.61. The number of benzene rings is 2. The zero-order valence-electron chi connectivity index (χ0n) is 23.2. The van der Waals surface area contributed by atoms with Crippen molar-refractivity contribution in [3.8, 4) is 0 Å². The molecule has 0 radical (unpaired) electrons. The summed E-state index contributed by atoms with van der Waals surface area (Å²) in [6, 6.07) is 14.2. The summed E-state index contributed by atoms with van der Waals surface area (Å²) in [5.74, 6) is -13.5. The molecule has 12 heteroatoms. The van der Waals surface area contributed by atoms with Crippen LogP contribution in [0.1, 0.15) is 28.3 Å². The first-order valence-electron chi connectivity index (χ1n) is 12.9. The van der Waals surface area contributed by atoms with Gasteiger partial charge in [-0.15, -0.1) is 0 Å². The number of hydrogen-bond donors (Lipinski definition) is 1. The van der Waals surface area contributed by atoms with Gasteiger partial charge in [0.05, 0.1) is 51.4 Å². The van der Waals surface area contributed by atoms with E-state index in [9.17, 15) is 29.1 Å². The van der Waals surface area contributed by atoms with Crippen LogP contribution in [0.25, 0.3) is 0 Å². The van der Waals surface area contributed by atoms with Crippen LogP contribution in [0, 0.1) is 23.7 Å². The summed E-state index contributed by atoms with van der Waals surface area (Å²) in [6.45, 7) is 0. The van der Waals surface area contributed by atoms with E-state index in [4.69, 9.17) is 35.3 Å². The molecule has 1 fully saturated rings. The van der Waals surface area contributed by atoms with E-state index < -0.39 is 70.8 Å². The molecule has 0 aromatic heterocycles. The SMILES string of the molecule is COC(=O)C1=C(OC(=O)c2ccccc2)C(C(=O)OC)[C@@]2(O)[C@@H](C(=O)OC)C(c3ccccc3Cl)C[C@@H]1[C@@H]2C(=O)OC. The van der Waals surface area contributed by atoms with Crippen LogP contribution >= 0.6 is 11.6 Å². The van der Waals surface area contributed by atoms with E-state index in [0.29, 0.717) is 5.56 Å². The second-order valence-electron chi connectivity index (χ2n) is 9.84.